The van der Waals surface area contributed by atoms with Crippen LogP contribution in [0.15, 0.2) is 6.07 Å². The van der Waals surface area contributed by atoms with Crippen molar-refractivity contribution in [3.8, 4) is 0 Å². The highest BCUT2D eigenvalue weighted by Gasteiger charge is 2.22. The molecule has 0 bridgehead atoms. The Kier molecular flexibility index (Phi) is 4.58. The van der Waals surface area contributed by atoms with Crippen LogP contribution in [0.4, 0.5) is 0 Å². The Morgan fingerprint density at radius 2 is 2.11 bits per heavy atom. The Labute approximate surface area is 117 Å². The van der Waals surface area contributed by atoms with E-state index in [1.165, 1.54) is 28.2 Å². The third kappa shape index (κ3) is 3.35. The maximum atomic E-state index is 12.4. The van der Waals surface area contributed by atoms with E-state index in [0.29, 0.717) is 11.4 Å². The lowest BCUT2D eigenvalue weighted by Gasteiger charge is -2.18. The standard InChI is InChI=1S/C14H19NO3S/c1-2-7-15(9-13(16)17)14(18)12-8-10-5-3-4-6-11(10)19-12/h8H,2-7,9H2,1H3,(H,16,17). The number of carboxylic acid groups (broad SMARTS) is 1. The molecule has 0 fully saturated rings. The molecule has 104 valence electrons. The molecule has 1 heterocycles. The SMILES string of the molecule is CCCN(CC(=O)O)C(=O)c1cc2c(s1)CCCC2. The Morgan fingerprint density at radius 1 is 1.37 bits per heavy atom. The molecule has 0 atom stereocenters. The number of carbonyl (C=O) groups is 2. The summed E-state index contributed by atoms with van der Waals surface area (Å²) in [6.07, 6.45) is 5.25. The Hall–Kier alpha value is -1.36. The van der Waals surface area contributed by atoms with Crippen LogP contribution in [0.25, 0.3) is 0 Å². The van der Waals surface area contributed by atoms with Gasteiger partial charge in [0.25, 0.3) is 5.91 Å². The van der Waals surface area contributed by atoms with E-state index in [2.05, 4.69) is 0 Å². The third-order valence-corrected chi connectivity index (χ3v) is 4.54. The minimum atomic E-state index is -0.955. The molecule has 0 spiro atoms. The van der Waals surface area contributed by atoms with Crippen molar-refractivity contribution in [2.24, 2.45) is 0 Å². The number of aliphatic carboxylic acids is 1. The van der Waals surface area contributed by atoms with E-state index < -0.39 is 5.97 Å². The second-order valence-electron chi connectivity index (χ2n) is 4.89. The smallest absolute Gasteiger partial charge is 0.323 e. The minimum absolute atomic E-state index is 0.136. The van der Waals surface area contributed by atoms with Crippen molar-refractivity contribution in [1.29, 1.82) is 0 Å². The van der Waals surface area contributed by atoms with Crippen molar-refractivity contribution < 1.29 is 14.7 Å². The van der Waals surface area contributed by atoms with Crippen molar-refractivity contribution in [3.63, 3.8) is 0 Å². The number of nitrogens with zero attached hydrogens (tertiary/aromatic N) is 1. The third-order valence-electron chi connectivity index (χ3n) is 3.31. The first kappa shape index (κ1) is 14.1. The molecule has 5 heteroatoms. The summed E-state index contributed by atoms with van der Waals surface area (Å²) in [5.41, 5.74) is 1.28. The van der Waals surface area contributed by atoms with E-state index in [0.717, 1.165) is 19.3 Å². The molecule has 1 N–H and O–H groups in total. The van der Waals surface area contributed by atoms with Gasteiger partial charge < -0.3 is 10.0 Å². The van der Waals surface area contributed by atoms with Gasteiger partial charge in [0.2, 0.25) is 0 Å². The number of aryl methyl sites for hydroxylation is 2. The van der Waals surface area contributed by atoms with Crippen molar-refractivity contribution in [2.45, 2.75) is 39.0 Å². The fourth-order valence-electron chi connectivity index (χ4n) is 2.44. The Morgan fingerprint density at radius 3 is 2.74 bits per heavy atom. The highest BCUT2D eigenvalue weighted by Crippen LogP contribution is 2.30. The van der Waals surface area contributed by atoms with E-state index in [-0.39, 0.29) is 12.5 Å². The zero-order valence-electron chi connectivity index (χ0n) is 11.1. The maximum Gasteiger partial charge on any atom is 0.323 e. The minimum Gasteiger partial charge on any atom is -0.480 e. The van der Waals surface area contributed by atoms with Gasteiger partial charge in [0, 0.05) is 11.4 Å². The molecule has 4 nitrogen and oxygen atoms in total. The number of hydrogen-bond acceptors (Lipinski definition) is 3. The predicted molar refractivity (Wildman–Crippen MR) is 74.8 cm³/mol. The summed E-state index contributed by atoms with van der Waals surface area (Å²) < 4.78 is 0. The van der Waals surface area contributed by atoms with Gasteiger partial charge in [-0.3, -0.25) is 9.59 Å². The summed E-state index contributed by atoms with van der Waals surface area (Å²) in [4.78, 5) is 26.6. The molecule has 2 rings (SSSR count). The van der Waals surface area contributed by atoms with Gasteiger partial charge in [0.05, 0.1) is 4.88 Å². The van der Waals surface area contributed by atoms with Gasteiger partial charge in [0.15, 0.2) is 0 Å². The van der Waals surface area contributed by atoms with Crippen LogP contribution in [-0.2, 0) is 17.6 Å². The van der Waals surface area contributed by atoms with Crippen molar-refractivity contribution in [2.75, 3.05) is 13.1 Å². The average Bonchev–Trinajstić information content (AvgIpc) is 2.80. The molecule has 0 radical (unpaired) electrons. The summed E-state index contributed by atoms with van der Waals surface area (Å²) in [6, 6.07) is 1.96. The topological polar surface area (TPSA) is 57.6 Å². The average molecular weight is 281 g/mol. The first-order chi connectivity index (χ1) is 9.11. The van der Waals surface area contributed by atoms with E-state index in [4.69, 9.17) is 5.11 Å². The molecule has 0 aliphatic heterocycles. The molecule has 1 aromatic rings. The fraction of sp³-hybridized carbons (Fsp3) is 0.571. The van der Waals surface area contributed by atoms with Gasteiger partial charge >= 0.3 is 5.97 Å². The summed E-state index contributed by atoms with van der Waals surface area (Å²) in [5.74, 6) is -1.09. The number of carboxylic acids is 1. The molecule has 0 saturated heterocycles. The zero-order valence-corrected chi connectivity index (χ0v) is 12.0. The van der Waals surface area contributed by atoms with E-state index >= 15 is 0 Å². The molecular weight excluding hydrogens is 262 g/mol. The molecule has 1 aliphatic rings. The van der Waals surface area contributed by atoms with Gasteiger partial charge in [-0.2, -0.15) is 0 Å². The number of carbonyl (C=O) groups excluding carboxylic acids is 1. The van der Waals surface area contributed by atoms with Gasteiger partial charge in [-0.25, -0.2) is 0 Å². The molecule has 0 saturated carbocycles. The fourth-order valence-corrected chi connectivity index (χ4v) is 3.66. The van der Waals surface area contributed by atoms with Crippen LogP contribution in [0.2, 0.25) is 0 Å². The van der Waals surface area contributed by atoms with Crippen LogP contribution >= 0.6 is 11.3 Å². The number of amides is 1. The van der Waals surface area contributed by atoms with Crippen molar-refractivity contribution in [1.82, 2.24) is 4.90 Å². The van der Waals surface area contributed by atoms with Crippen molar-refractivity contribution >= 4 is 23.2 Å². The first-order valence-corrected chi connectivity index (χ1v) is 7.56. The summed E-state index contributed by atoms with van der Waals surface area (Å²) >= 11 is 1.54. The lowest BCUT2D eigenvalue weighted by Crippen LogP contribution is -2.35. The van der Waals surface area contributed by atoms with Crippen molar-refractivity contribution in [3.05, 3.63) is 21.4 Å². The van der Waals surface area contributed by atoms with Crippen LogP contribution in [0.1, 0.15) is 46.3 Å². The highest BCUT2D eigenvalue weighted by atomic mass is 32.1. The second-order valence-corrected chi connectivity index (χ2v) is 6.02. The number of thiophene rings is 1. The largest absolute Gasteiger partial charge is 0.480 e. The molecular formula is C14H19NO3S. The Bertz CT molecular complexity index is 458. The van der Waals surface area contributed by atoms with E-state index in [1.807, 2.05) is 13.0 Å². The number of hydrogen-bond donors (Lipinski definition) is 1. The molecule has 0 aromatic carbocycles. The van der Waals surface area contributed by atoms with Crippen LogP contribution in [-0.4, -0.2) is 35.0 Å². The van der Waals surface area contributed by atoms with Crippen LogP contribution in [0, 0.1) is 0 Å². The van der Waals surface area contributed by atoms with Crippen LogP contribution < -0.4 is 0 Å². The molecule has 1 aromatic heterocycles. The van der Waals surface area contributed by atoms with E-state index in [1.54, 1.807) is 11.3 Å². The van der Waals surface area contributed by atoms with Gasteiger partial charge in [0.1, 0.15) is 6.54 Å². The number of fused-ring (bicyclic) bond motifs is 1. The van der Waals surface area contributed by atoms with Crippen LogP contribution in [0.3, 0.4) is 0 Å². The van der Waals surface area contributed by atoms with Gasteiger partial charge in [-0.1, -0.05) is 6.92 Å². The normalized spacial score (nSPS) is 13.9. The lowest BCUT2D eigenvalue weighted by molar-refractivity contribution is -0.137. The molecule has 0 unspecified atom stereocenters. The Balaban J connectivity index is 2.16. The second kappa shape index (κ2) is 6.19. The molecule has 1 aliphatic carbocycles. The van der Waals surface area contributed by atoms with Gasteiger partial charge in [-0.15, -0.1) is 11.3 Å². The lowest BCUT2D eigenvalue weighted by atomic mass is 9.99. The summed E-state index contributed by atoms with van der Waals surface area (Å²) in [7, 11) is 0. The maximum absolute atomic E-state index is 12.4. The predicted octanol–water partition coefficient (Wildman–Crippen LogP) is 2.56. The van der Waals surface area contributed by atoms with Crippen LogP contribution in [0.5, 0.6) is 0 Å². The highest BCUT2D eigenvalue weighted by molar-refractivity contribution is 7.14. The van der Waals surface area contributed by atoms with Gasteiger partial charge in [-0.05, 0) is 43.7 Å². The summed E-state index contributed by atoms with van der Waals surface area (Å²) in [5, 5.41) is 8.88. The number of rotatable bonds is 5. The van der Waals surface area contributed by atoms with E-state index in [9.17, 15) is 9.59 Å². The molecule has 1 amide bonds. The molecule has 19 heavy (non-hydrogen) atoms. The first-order valence-electron chi connectivity index (χ1n) is 6.74. The zero-order chi connectivity index (χ0) is 13.8. The quantitative estimate of drug-likeness (QED) is 0.902. The monoisotopic (exact) mass is 281 g/mol. The summed E-state index contributed by atoms with van der Waals surface area (Å²) in [6.45, 7) is 2.23.